The molecule has 0 saturated carbocycles. The summed E-state index contributed by atoms with van der Waals surface area (Å²) in [5.41, 5.74) is 0. The van der Waals surface area contributed by atoms with E-state index in [1.165, 1.54) is 289 Å². The number of aliphatic hydroxyl groups is 2. The lowest BCUT2D eigenvalue weighted by molar-refractivity contribution is -0.123. The van der Waals surface area contributed by atoms with Crippen molar-refractivity contribution >= 4 is 5.91 Å². The van der Waals surface area contributed by atoms with E-state index in [0.29, 0.717) is 6.42 Å². The largest absolute Gasteiger partial charge is 0.394 e. The molecular weight excluding hydrogens is 819 g/mol. The molecule has 0 aromatic rings. The standard InChI is InChI=1S/C63H121NO3/c1-3-5-7-9-11-13-15-17-19-21-23-25-27-29-30-31-32-33-34-35-37-39-41-43-45-47-49-51-53-55-57-59-63(67)64-61(60-65)62(66)58-56-54-52-50-48-46-44-42-40-38-36-28-26-24-22-20-18-16-14-12-10-8-6-4-2/h21,23,48,50,56,58,61-62,65-66H,3-20,22,24-47,49,51-55,57,59-60H2,1-2H3,(H,64,67)/b23-21-,50-48+,58-56+. The van der Waals surface area contributed by atoms with E-state index in [4.69, 9.17) is 0 Å². The van der Waals surface area contributed by atoms with Gasteiger partial charge in [-0.25, -0.2) is 0 Å². The van der Waals surface area contributed by atoms with Crippen molar-refractivity contribution in [2.24, 2.45) is 0 Å². The molecule has 0 fully saturated rings. The van der Waals surface area contributed by atoms with Crippen molar-refractivity contribution in [3.63, 3.8) is 0 Å². The quantitative estimate of drug-likeness (QED) is 0.0420. The van der Waals surface area contributed by atoms with Gasteiger partial charge < -0.3 is 15.5 Å². The van der Waals surface area contributed by atoms with E-state index in [9.17, 15) is 15.0 Å². The summed E-state index contributed by atoms with van der Waals surface area (Å²) in [6, 6.07) is -0.638. The van der Waals surface area contributed by atoms with Gasteiger partial charge in [0, 0.05) is 6.42 Å². The van der Waals surface area contributed by atoms with Crippen LogP contribution in [0.3, 0.4) is 0 Å². The summed E-state index contributed by atoms with van der Waals surface area (Å²) >= 11 is 0. The van der Waals surface area contributed by atoms with Crippen LogP contribution in [0.1, 0.15) is 341 Å². The van der Waals surface area contributed by atoms with Crippen LogP contribution >= 0.6 is 0 Å². The van der Waals surface area contributed by atoms with Gasteiger partial charge >= 0.3 is 0 Å². The molecule has 1 amide bonds. The maximum Gasteiger partial charge on any atom is 0.220 e. The van der Waals surface area contributed by atoms with Gasteiger partial charge in [-0.2, -0.15) is 0 Å². The second-order valence-corrected chi connectivity index (χ2v) is 21.1. The van der Waals surface area contributed by atoms with E-state index >= 15 is 0 Å². The van der Waals surface area contributed by atoms with E-state index < -0.39 is 12.1 Å². The van der Waals surface area contributed by atoms with Crippen molar-refractivity contribution in [3.8, 4) is 0 Å². The van der Waals surface area contributed by atoms with Gasteiger partial charge in [-0.05, 0) is 57.8 Å². The van der Waals surface area contributed by atoms with Crippen molar-refractivity contribution in [2.75, 3.05) is 6.61 Å². The van der Waals surface area contributed by atoms with Crippen LogP contribution in [0.15, 0.2) is 36.5 Å². The Labute approximate surface area is 421 Å². The Bertz CT molecular complexity index is 1020. The molecule has 2 unspecified atom stereocenters. The Hall–Kier alpha value is -1.39. The fourth-order valence-electron chi connectivity index (χ4n) is 9.66. The average Bonchev–Trinajstić information content (AvgIpc) is 3.33. The smallest absolute Gasteiger partial charge is 0.220 e. The van der Waals surface area contributed by atoms with Gasteiger partial charge in [-0.15, -0.1) is 0 Å². The summed E-state index contributed by atoms with van der Waals surface area (Å²) in [5, 5.41) is 23.2. The van der Waals surface area contributed by atoms with Gasteiger partial charge in [-0.1, -0.05) is 314 Å². The predicted octanol–water partition coefficient (Wildman–Crippen LogP) is 20.4. The first-order chi connectivity index (χ1) is 33.2. The molecule has 0 aromatic heterocycles. The monoisotopic (exact) mass is 940 g/mol. The van der Waals surface area contributed by atoms with Crippen molar-refractivity contribution in [2.45, 2.75) is 353 Å². The Kier molecular flexibility index (Phi) is 57.7. The predicted molar refractivity (Wildman–Crippen MR) is 299 cm³/mol. The van der Waals surface area contributed by atoms with Gasteiger partial charge in [0.25, 0.3) is 0 Å². The molecule has 2 atom stereocenters. The Balaban J connectivity index is 3.47. The summed E-state index contributed by atoms with van der Waals surface area (Å²) in [5.74, 6) is -0.0672. The number of hydrogen-bond acceptors (Lipinski definition) is 3. The first kappa shape index (κ1) is 65.6. The summed E-state index contributed by atoms with van der Waals surface area (Å²) in [6.07, 6.45) is 80.5. The number of amides is 1. The van der Waals surface area contributed by atoms with Crippen LogP contribution in [0.25, 0.3) is 0 Å². The number of carbonyl (C=O) groups excluding carboxylic acids is 1. The summed E-state index contributed by atoms with van der Waals surface area (Å²) < 4.78 is 0. The van der Waals surface area contributed by atoms with Crippen molar-refractivity contribution < 1.29 is 15.0 Å². The number of rotatable bonds is 57. The van der Waals surface area contributed by atoms with E-state index in [2.05, 4.69) is 43.5 Å². The van der Waals surface area contributed by atoms with Crippen LogP contribution in [0.4, 0.5) is 0 Å². The number of carbonyl (C=O) groups is 1. The Morgan fingerprint density at radius 1 is 0.343 bits per heavy atom. The molecule has 396 valence electrons. The number of allylic oxidation sites excluding steroid dienone is 5. The molecule has 0 rings (SSSR count). The van der Waals surface area contributed by atoms with Crippen LogP contribution in [-0.2, 0) is 4.79 Å². The molecule has 0 bridgehead atoms. The number of nitrogens with one attached hydrogen (secondary N) is 1. The molecule has 4 heteroatoms. The molecule has 0 radical (unpaired) electrons. The minimum Gasteiger partial charge on any atom is -0.394 e. The van der Waals surface area contributed by atoms with Gasteiger partial charge in [0.15, 0.2) is 0 Å². The molecule has 0 aromatic carbocycles. The van der Waals surface area contributed by atoms with Crippen LogP contribution in [0.5, 0.6) is 0 Å². The Morgan fingerprint density at radius 3 is 0.866 bits per heavy atom. The normalized spacial score (nSPS) is 13.0. The van der Waals surface area contributed by atoms with E-state index in [-0.39, 0.29) is 12.5 Å². The molecule has 0 aliphatic heterocycles. The molecule has 3 N–H and O–H groups in total. The molecule has 0 spiro atoms. The minimum absolute atomic E-state index is 0.0672. The highest BCUT2D eigenvalue weighted by Crippen LogP contribution is 2.18. The Morgan fingerprint density at radius 2 is 0.582 bits per heavy atom. The van der Waals surface area contributed by atoms with E-state index in [1.54, 1.807) is 6.08 Å². The van der Waals surface area contributed by atoms with Crippen LogP contribution in [-0.4, -0.2) is 34.9 Å². The molecule has 67 heavy (non-hydrogen) atoms. The van der Waals surface area contributed by atoms with Crippen molar-refractivity contribution in [1.29, 1.82) is 0 Å². The van der Waals surface area contributed by atoms with Crippen LogP contribution in [0.2, 0.25) is 0 Å². The topological polar surface area (TPSA) is 69.6 Å². The van der Waals surface area contributed by atoms with Gasteiger partial charge in [0.05, 0.1) is 18.8 Å². The summed E-state index contributed by atoms with van der Waals surface area (Å²) in [6.45, 7) is 4.34. The third kappa shape index (κ3) is 55.4. The maximum atomic E-state index is 12.5. The summed E-state index contributed by atoms with van der Waals surface area (Å²) in [4.78, 5) is 12.5. The molecule has 0 aliphatic rings. The highest BCUT2D eigenvalue weighted by Gasteiger charge is 2.18. The molecule has 0 aliphatic carbocycles. The lowest BCUT2D eigenvalue weighted by Gasteiger charge is -2.19. The molecule has 0 heterocycles. The van der Waals surface area contributed by atoms with Crippen molar-refractivity contribution in [1.82, 2.24) is 5.32 Å². The average molecular weight is 941 g/mol. The van der Waals surface area contributed by atoms with Gasteiger partial charge in [0.2, 0.25) is 5.91 Å². The lowest BCUT2D eigenvalue weighted by atomic mass is 10.0. The van der Waals surface area contributed by atoms with Crippen LogP contribution < -0.4 is 5.32 Å². The van der Waals surface area contributed by atoms with E-state index in [0.717, 1.165) is 32.1 Å². The molecule has 0 saturated heterocycles. The van der Waals surface area contributed by atoms with E-state index in [1.807, 2.05) is 6.08 Å². The second kappa shape index (κ2) is 58.9. The lowest BCUT2D eigenvalue weighted by Crippen LogP contribution is -2.45. The SMILES string of the molecule is CCCCCCCCCC/C=C\CCCCCCCCCCCCCCCCCCCCCC(=O)NC(CO)C(O)/C=C/CC/C=C/CCCCCCCCCCCCCCCCCCCC. The number of hydrogen-bond donors (Lipinski definition) is 3. The highest BCUT2D eigenvalue weighted by molar-refractivity contribution is 5.76. The number of unbranched alkanes of at least 4 members (excludes halogenated alkanes) is 46. The zero-order chi connectivity index (χ0) is 48.5. The zero-order valence-electron chi connectivity index (χ0n) is 45.7. The zero-order valence-corrected chi connectivity index (χ0v) is 45.7. The highest BCUT2D eigenvalue weighted by atomic mass is 16.3. The van der Waals surface area contributed by atoms with Gasteiger partial charge in [0.1, 0.15) is 0 Å². The van der Waals surface area contributed by atoms with Gasteiger partial charge in [-0.3, -0.25) is 4.79 Å². The summed E-state index contributed by atoms with van der Waals surface area (Å²) in [7, 11) is 0. The first-order valence-electron chi connectivity index (χ1n) is 30.7. The van der Waals surface area contributed by atoms with Crippen molar-refractivity contribution in [3.05, 3.63) is 36.5 Å². The molecular formula is C63H121NO3. The number of aliphatic hydroxyl groups excluding tert-OH is 2. The third-order valence-corrected chi connectivity index (χ3v) is 14.3. The fraction of sp³-hybridized carbons (Fsp3) is 0.889. The second-order valence-electron chi connectivity index (χ2n) is 21.1. The maximum absolute atomic E-state index is 12.5. The fourth-order valence-corrected chi connectivity index (χ4v) is 9.66. The van der Waals surface area contributed by atoms with Crippen LogP contribution in [0, 0.1) is 0 Å². The first-order valence-corrected chi connectivity index (χ1v) is 30.7. The third-order valence-electron chi connectivity index (χ3n) is 14.3. The minimum atomic E-state index is -0.862. The molecule has 4 nitrogen and oxygen atoms in total.